The number of hydrogen-bond donors (Lipinski definition) is 2. The highest BCUT2D eigenvalue weighted by atomic mass is 32.2. The minimum Gasteiger partial charge on any atom is -0.480 e. The van der Waals surface area contributed by atoms with E-state index < -0.39 is 33.8 Å². The summed E-state index contributed by atoms with van der Waals surface area (Å²) in [6.45, 7) is 3.58. The van der Waals surface area contributed by atoms with E-state index in [1.165, 1.54) is 0 Å². The van der Waals surface area contributed by atoms with E-state index in [-0.39, 0.29) is 18.8 Å². The second kappa shape index (κ2) is 7.32. The van der Waals surface area contributed by atoms with Crippen LogP contribution in [0, 0.1) is 5.92 Å². The Kier molecular flexibility index (Phi) is 6.85. The van der Waals surface area contributed by atoms with Crippen molar-refractivity contribution in [1.82, 2.24) is 4.72 Å². The Labute approximate surface area is 107 Å². The SMILES string of the molecule is COC(=O)CCS(=O)(=O)NC(CC(C)C)C(=O)O. The summed E-state index contributed by atoms with van der Waals surface area (Å²) in [7, 11) is -2.65. The van der Waals surface area contributed by atoms with Crippen LogP contribution in [0.5, 0.6) is 0 Å². The number of carboxylic acids is 1. The van der Waals surface area contributed by atoms with Gasteiger partial charge in [-0.25, -0.2) is 13.1 Å². The maximum atomic E-state index is 11.6. The summed E-state index contributed by atoms with van der Waals surface area (Å²) in [6, 6.07) is -1.17. The number of ether oxygens (including phenoxy) is 1. The first-order valence-electron chi connectivity index (χ1n) is 5.47. The Morgan fingerprint density at radius 2 is 1.89 bits per heavy atom. The zero-order valence-corrected chi connectivity index (χ0v) is 11.5. The third kappa shape index (κ3) is 7.23. The van der Waals surface area contributed by atoms with Gasteiger partial charge >= 0.3 is 11.9 Å². The molecule has 106 valence electrons. The molecule has 8 heteroatoms. The van der Waals surface area contributed by atoms with E-state index in [2.05, 4.69) is 9.46 Å². The van der Waals surface area contributed by atoms with Gasteiger partial charge in [-0.05, 0) is 12.3 Å². The topological polar surface area (TPSA) is 110 Å². The molecule has 2 N–H and O–H groups in total. The minimum absolute atomic E-state index is 0.0365. The largest absolute Gasteiger partial charge is 0.480 e. The van der Waals surface area contributed by atoms with E-state index in [0.717, 1.165) is 7.11 Å². The third-order valence-corrected chi connectivity index (χ3v) is 3.51. The molecule has 0 aliphatic carbocycles. The van der Waals surface area contributed by atoms with Crippen LogP contribution in [-0.4, -0.2) is 44.4 Å². The lowest BCUT2D eigenvalue weighted by Gasteiger charge is -2.16. The number of rotatable bonds is 8. The number of nitrogens with one attached hydrogen (secondary N) is 1. The minimum atomic E-state index is -3.81. The standard InChI is InChI=1S/C10H19NO6S/c1-7(2)6-8(10(13)14)11-18(15,16)5-4-9(12)17-3/h7-8,11H,4-6H2,1-3H3,(H,13,14). The molecule has 0 aromatic carbocycles. The number of carboxylic acid groups (broad SMARTS) is 1. The van der Waals surface area contributed by atoms with Gasteiger partial charge in [0.2, 0.25) is 10.0 Å². The van der Waals surface area contributed by atoms with Crippen LogP contribution >= 0.6 is 0 Å². The van der Waals surface area contributed by atoms with Crippen LogP contribution < -0.4 is 4.72 Å². The van der Waals surface area contributed by atoms with Gasteiger partial charge in [-0.15, -0.1) is 0 Å². The van der Waals surface area contributed by atoms with Crippen molar-refractivity contribution in [3.05, 3.63) is 0 Å². The molecule has 0 fully saturated rings. The van der Waals surface area contributed by atoms with Crippen LogP contribution in [0.15, 0.2) is 0 Å². The van der Waals surface area contributed by atoms with Gasteiger partial charge in [0.1, 0.15) is 6.04 Å². The zero-order valence-electron chi connectivity index (χ0n) is 10.7. The van der Waals surface area contributed by atoms with E-state index in [1.807, 2.05) is 0 Å². The molecule has 0 radical (unpaired) electrons. The first-order valence-corrected chi connectivity index (χ1v) is 7.12. The average molecular weight is 281 g/mol. The molecule has 7 nitrogen and oxygen atoms in total. The first kappa shape index (κ1) is 16.9. The Morgan fingerprint density at radius 3 is 2.28 bits per heavy atom. The molecule has 1 atom stereocenters. The molecule has 0 aliphatic heterocycles. The number of methoxy groups -OCH3 is 1. The normalized spacial score (nSPS) is 13.3. The summed E-state index contributed by atoms with van der Waals surface area (Å²) >= 11 is 0. The maximum Gasteiger partial charge on any atom is 0.321 e. The summed E-state index contributed by atoms with van der Waals surface area (Å²) in [6.07, 6.45) is -0.118. The molecular formula is C10H19NO6S. The monoisotopic (exact) mass is 281 g/mol. The first-order chi connectivity index (χ1) is 8.18. The summed E-state index contributed by atoms with van der Waals surface area (Å²) in [5.41, 5.74) is 0. The molecule has 0 aromatic heterocycles. The second-order valence-corrected chi connectivity index (χ2v) is 6.16. The number of carbonyl (C=O) groups excluding carboxylic acids is 1. The van der Waals surface area contributed by atoms with Crippen LogP contribution in [0.25, 0.3) is 0 Å². The van der Waals surface area contributed by atoms with Crippen LogP contribution in [0.2, 0.25) is 0 Å². The van der Waals surface area contributed by atoms with E-state index >= 15 is 0 Å². The predicted molar refractivity (Wildman–Crippen MR) is 64.4 cm³/mol. The quantitative estimate of drug-likeness (QED) is 0.604. The Hall–Kier alpha value is -1.15. The van der Waals surface area contributed by atoms with Gasteiger partial charge in [0.05, 0.1) is 19.3 Å². The summed E-state index contributed by atoms with van der Waals surface area (Å²) in [5.74, 6) is -2.34. The molecular weight excluding hydrogens is 262 g/mol. The van der Waals surface area contributed by atoms with Crippen molar-refractivity contribution in [2.75, 3.05) is 12.9 Å². The van der Waals surface area contributed by atoms with E-state index in [9.17, 15) is 18.0 Å². The summed E-state index contributed by atoms with van der Waals surface area (Å²) < 4.78 is 29.5. The molecule has 18 heavy (non-hydrogen) atoms. The molecule has 0 amide bonds. The van der Waals surface area contributed by atoms with Crippen LogP contribution in [-0.2, 0) is 24.3 Å². The molecule has 0 saturated heterocycles. The highest BCUT2D eigenvalue weighted by Gasteiger charge is 2.25. The van der Waals surface area contributed by atoms with Crippen molar-refractivity contribution in [2.45, 2.75) is 32.7 Å². The van der Waals surface area contributed by atoms with E-state index in [4.69, 9.17) is 5.11 Å². The highest BCUT2D eigenvalue weighted by Crippen LogP contribution is 2.06. The average Bonchev–Trinajstić information content (AvgIpc) is 2.24. The molecule has 0 spiro atoms. The molecule has 0 saturated carbocycles. The lowest BCUT2D eigenvalue weighted by molar-refractivity contribution is -0.140. The number of esters is 1. The fourth-order valence-corrected chi connectivity index (χ4v) is 2.45. The molecule has 0 rings (SSSR count). The predicted octanol–water partition coefficient (Wildman–Crippen LogP) is -0.0318. The van der Waals surface area contributed by atoms with Gasteiger partial charge in [-0.1, -0.05) is 13.8 Å². The summed E-state index contributed by atoms with van der Waals surface area (Å²) in [4.78, 5) is 21.7. The van der Waals surface area contributed by atoms with Crippen LogP contribution in [0.3, 0.4) is 0 Å². The Bertz CT molecular complexity index is 389. The Morgan fingerprint density at radius 1 is 1.33 bits per heavy atom. The van der Waals surface area contributed by atoms with Gasteiger partial charge in [0.25, 0.3) is 0 Å². The van der Waals surface area contributed by atoms with E-state index in [1.54, 1.807) is 13.8 Å². The lowest BCUT2D eigenvalue weighted by Crippen LogP contribution is -2.42. The van der Waals surface area contributed by atoms with Gasteiger partial charge < -0.3 is 9.84 Å². The molecule has 0 aromatic rings. The van der Waals surface area contributed by atoms with Crippen molar-refractivity contribution in [2.24, 2.45) is 5.92 Å². The van der Waals surface area contributed by atoms with E-state index in [0.29, 0.717) is 0 Å². The summed E-state index contributed by atoms with van der Waals surface area (Å²) in [5, 5.41) is 8.89. The zero-order chi connectivity index (χ0) is 14.3. The number of sulfonamides is 1. The van der Waals surface area contributed by atoms with Crippen molar-refractivity contribution in [3.63, 3.8) is 0 Å². The molecule has 1 unspecified atom stereocenters. The van der Waals surface area contributed by atoms with Crippen molar-refractivity contribution < 1.29 is 27.9 Å². The molecule has 0 bridgehead atoms. The van der Waals surface area contributed by atoms with Gasteiger partial charge in [-0.2, -0.15) is 0 Å². The fraction of sp³-hybridized carbons (Fsp3) is 0.800. The van der Waals surface area contributed by atoms with Crippen LogP contribution in [0.4, 0.5) is 0 Å². The van der Waals surface area contributed by atoms with Crippen molar-refractivity contribution in [1.29, 1.82) is 0 Å². The maximum absolute atomic E-state index is 11.6. The van der Waals surface area contributed by atoms with Crippen LogP contribution in [0.1, 0.15) is 26.7 Å². The number of aliphatic carboxylic acids is 1. The molecule has 0 aliphatic rings. The number of carbonyl (C=O) groups is 2. The third-order valence-electron chi connectivity index (χ3n) is 2.13. The van der Waals surface area contributed by atoms with Crippen molar-refractivity contribution in [3.8, 4) is 0 Å². The highest BCUT2D eigenvalue weighted by molar-refractivity contribution is 7.89. The Balaban J connectivity index is 4.51. The van der Waals surface area contributed by atoms with Gasteiger partial charge in [0.15, 0.2) is 0 Å². The fourth-order valence-electron chi connectivity index (χ4n) is 1.27. The van der Waals surface area contributed by atoms with Gasteiger partial charge in [0, 0.05) is 0 Å². The smallest absolute Gasteiger partial charge is 0.321 e. The second-order valence-electron chi connectivity index (χ2n) is 4.28. The lowest BCUT2D eigenvalue weighted by atomic mass is 10.1. The van der Waals surface area contributed by atoms with Crippen molar-refractivity contribution >= 4 is 22.0 Å². The van der Waals surface area contributed by atoms with Gasteiger partial charge in [-0.3, -0.25) is 9.59 Å². The number of hydrogen-bond acceptors (Lipinski definition) is 5. The molecule has 0 heterocycles.